The van der Waals surface area contributed by atoms with Crippen LogP contribution >= 0.6 is 23.2 Å². The van der Waals surface area contributed by atoms with Crippen LogP contribution in [-0.4, -0.2) is 15.9 Å². The molecule has 0 bridgehead atoms. The van der Waals surface area contributed by atoms with Gasteiger partial charge in [-0.05, 0) is 30.4 Å². The molecule has 4 nitrogen and oxygen atoms in total. The molecule has 1 saturated carbocycles. The summed E-state index contributed by atoms with van der Waals surface area (Å²) in [6, 6.07) is 1.47. The summed E-state index contributed by atoms with van der Waals surface area (Å²) < 4.78 is 0. The van der Waals surface area contributed by atoms with Gasteiger partial charge >= 0.3 is 0 Å². The molecule has 0 atom stereocenters. The molecule has 0 aliphatic heterocycles. The molecular weight excluding hydrogens is 237 g/mol. The molecule has 1 amide bonds. The first-order chi connectivity index (χ1) is 7.13. The summed E-state index contributed by atoms with van der Waals surface area (Å²) >= 11 is 11.3. The van der Waals surface area contributed by atoms with Crippen LogP contribution in [0.15, 0.2) is 6.07 Å². The maximum atomic E-state index is 11.4. The molecule has 1 aromatic rings. The fourth-order valence-corrected chi connectivity index (χ4v) is 1.64. The number of amides is 1. The highest BCUT2D eigenvalue weighted by atomic mass is 35.5. The Morgan fingerprint density at radius 3 is 2.80 bits per heavy atom. The van der Waals surface area contributed by atoms with Crippen LogP contribution in [-0.2, 0) is 4.79 Å². The van der Waals surface area contributed by atoms with Gasteiger partial charge in [0.25, 0.3) is 0 Å². The van der Waals surface area contributed by atoms with E-state index in [1.165, 1.54) is 6.07 Å². The molecule has 6 heteroatoms. The second-order valence-corrected chi connectivity index (χ2v) is 4.27. The Bertz CT molecular complexity index is 373. The highest BCUT2D eigenvalue weighted by molar-refractivity contribution is 6.32. The molecule has 1 aliphatic carbocycles. The van der Waals surface area contributed by atoms with E-state index in [0.29, 0.717) is 18.2 Å². The molecule has 1 aliphatic rings. The van der Waals surface area contributed by atoms with Crippen LogP contribution in [0, 0.1) is 5.92 Å². The Morgan fingerprint density at radius 2 is 2.20 bits per heavy atom. The number of aromatic nitrogens is 2. The Labute approximate surface area is 97.0 Å². The second-order valence-electron chi connectivity index (χ2n) is 3.54. The first-order valence-electron chi connectivity index (χ1n) is 4.63. The number of nitrogens with one attached hydrogen (secondary N) is 1. The van der Waals surface area contributed by atoms with Crippen molar-refractivity contribution in [2.45, 2.75) is 19.3 Å². The van der Waals surface area contributed by atoms with Crippen molar-refractivity contribution in [2.75, 3.05) is 5.32 Å². The van der Waals surface area contributed by atoms with Crippen molar-refractivity contribution in [3.8, 4) is 0 Å². The summed E-state index contributed by atoms with van der Waals surface area (Å²) in [5.41, 5.74) is 0. The SMILES string of the molecule is O=C(CC1CC1)Nc1cc(Cl)nc(Cl)n1. The lowest BCUT2D eigenvalue weighted by Gasteiger charge is -2.03. The first-order valence-corrected chi connectivity index (χ1v) is 5.39. The first kappa shape index (κ1) is 10.6. The standard InChI is InChI=1S/C9H9Cl2N3O/c10-6-4-7(14-9(11)12-6)13-8(15)3-5-1-2-5/h4-5H,1-3H2,(H,12,13,14,15). The quantitative estimate of drug-likeness (QED) is 0.658. The van der Waals surface area contributed by atoms with E-state index < -0.39 is 0 Å². The second kappa shape index (κ2) is 4.33. The predicted octanol–water partition coefficient (Wildman–Crippen LogP) is 2.52. The number of carbonyl (C=O) groups excluding carboxylic acids is 1. The van der Waals surface area contributed by atoms with E-state index in [-0.39, 0.29) is 16.3 Å². The number of rotatable bonds is 3. The van der Waals surface area contributed by atoms with Gasteiger partial charge in [-0.1, -0.05) is 11.6 Å². The van der Waals surface area contributed by atoms with Crippen LogP contribution in [0.5, 0.6) is 0 Å². The number of halogens is 2. The van der Waals surface area contributed by atoms with Gasteiger partial charge in [0.05, 0.1) is 0 Å². The van der Waals surface area contributed by atoms with Crippen molar-refractivity contribution in [3.05, 3.63) is 16.5 Å². The van der Waals surface area contributed by atoms with E-state index >= 15 is 0 Å². The van der Waals surface area contributed by atoms with Crippen LogP contribution in [0.4, 0.5) is 5.82 Å². The average Bonchev–Trinajstić information content (AvgIpc) is 2.85. The third-order valence-electron chi connectivity index (χ3n) is 2.11. The third kappa shape index (κ3) is 3.32. The van der Waals surface area contributed by atoms with Gasteiger partial charge in [0, 0.05) is 12.5 Å². The minimum Gasteiger partial charge on any atom is -0.311 e. The number of hydrogen-bond donors (Lipinski definition) is 1. The minimum absolute atomic E-state index is 0.0317. The van der Waals surface area contributed by atoms with Gasteiger partial charge in [-0.3, -0.25) is 4.79 Å². The van der Waals surface area contributed by atoms with Gasteiger partial charge in [-0.25, -0.2) is 9.97 Å². The van der Waals surface area contributed by atoms with Gasteiger partial charge < -0.3 is 5.32 Å². The molecule has 0 radical (unpaired) electrons. The van der Waals surface area contributed by atoms with Gasteiger partial charge in [-0.15, -0.1) is 0 Å². The fraction of sp³-hybridized carbons (Fsp3) is 0.444. The van der Waals surface area contributed by atoms with Gasteiger partial charge in [0.1, 0.15) is 11.0 Å². The number of hydrogen-bond acceptors (Lipinski definition) is 3. The smallest absolute Gasteiger partial charge is 0.225 e. The summed E-state index contributed by atoms with van der Waals surface area (Å²) in [4.78, 5) is 19.0. The summed E-state index contributed by atoms with van der Waals surface area (Å²) in [5, 5.41) is 2.89. The zero-order valence-electron chi connectivity index (χ0n) is 7.83. The summed E-state index contributed by atoms with van der Waals surface area (Å²) in [7, 11) is 0. The van der Waals surface area contributed by atoms with Crippen molar-refractivity contribution in [1.29, 1.82) is 0 Å². The molecular formula is C9H9Cl2N3O. The van der Waals surface area contributed by atoms with Crippen molar-refractivity contribution < 1.29 is 4.79 Å². The molecule has 0 aromatic carbocycles. The van der Waals surface area contributed by atoms with E-state index in [0.717, 1.165) is 12.8 Å². The highest BCUT2D eigenvalue weighted by Crippen LogP contribution is 2.32. The van der Waals surface area contributed by atoms with Crippen molar-refractivity contribution >= 4 is 34.9 Å². The largest absolute Gasteiger partial charge is 0.311 e. The van der Waals surface area contributed by atoms with Crippen LogP contribution in [0.25, 0.3) is 0 Å². The van der Waals surface area contributed by atoms with Crippen molar-refractivity contribution in [2.24, 2.45) is 5.92 Å². The Morgan fingerprint density at radius 1 is 1.47 bits per heavy atom. The maximum absolute atomic E-state index is 11.4. The summed E-state index contributed by atoms with van der Waals surface area (Å²) in [6.45, 7) is 0. The molecule has 1 aromatic heterocycles. The lowest BCUT2D eigenvalue weighted by atomic mass is 10.3. The van der Waals surface area contributed by atoms with Crippen molar-refractivity contribution in [3.63, 3.8) is 0 Å². The Kier molecular flexibility index (Phi) is 3.07. The van der Waals surface area contributed by atoms with Gasteiger partial charge in [-0.2, -0.15) is 0 Å². The lowest BCUT2D eigenvalue weighted by Crippen LogP contribution is -2.13. The van der Waals surface area contributed by atoms with Crippen LogP contribution in [0.1, 0.15) is 19.3 Å². The van der Waals surface area contributed by atoms with E-state index in [4.69, 9.17) is 23.2 Å². The van der Waals surface area contributed by atoms with Gasteiger partial charge in [0.2, 0.25) is 11.2 Å². The minimum atomic E-state index is -0.0525. The lowest BCUT2D eigenvalue weighted by molar-refractivity contribution is -0.116. The van der Waals surface area contributed by atoms with Crippen LogP contribution < -0.4 is 5.32 Å². The van der Waals surface area contributed by atoms with Crippen LogP contribution in [0.2, 0.25) is 10.4 Å². The summed E-state index contributed by atoms with van der Waals surface area (Å²) in [5.74, 6) is 0.840. The third-order valence-corrected chi connectivity index (χ3v) is 2.47. The number of anilines is 1. The molecule has 0 saturated heterocycles. The fourth-order valence-electron chi connectivity index (χ4n) is 1.23. The van der Waals surface area contributed by atoms with E-state index in [9.17, 15) is 4.79 Å². The Hall–Kier alpha value is -0.870. The molecule has 0 spiro atoms. The molecule has 2 rings (SSSR count). The molecule has 80 valence electrons. The maximum Gasteiger partial charge on any atom is 0.225 e. The molecule has 1 heterocycles. The molecule has 1 fully saturated rings. The zero-order chi connectivity index (χ0) is 10.8. The molecule has 0 unspecified atom stereocenters. The number of nitrogens with zero attached hydrogens (tertiary/aromatic N) is 2. The van der Waals surface area contributed by atoms with E-state index in [1.54, 1.807) is 0 Å². The van der Waals surface area contributed by atoms with Crippen LogP contribution in [0.3, 0.4) is 0 Å². The predicted molar refractivity (Wildman–Crippen MR) is 58.0 cm³/mol. The monoisotopic (exact) mass is 245 g/mol. The Balaban J connectivity index is 1.99. The van der Waals surface area contributed by atoms with E-state index in [1.807, 2.05) is 0 Å². The number of carbonyl (C=O) groups is 1. The zero-order valence-corrected chi connectivity index (χ0v) is 9.35. The normalized spacial score (nSPS) is 15.1. The summed E-state index contributed by atoms with van der Waals surface area (Å²) in [6.07, 6.45) is 2.82. The molecule has 15 heavy (non-hydrogen) atoms. The topological polar surface area (TPSA) is 54.9 Å². The van der Waals surface area contributed by atoms with Crippen molar-refractivity contribution in [1.82, 2.24) is 9.97 Å². The highest BCUT2D eigenvalue weighted by Gasteiger charge is 2.24. The average molecular weight is 246 g/mol. The van der Waals surface area contributed by atoms with E-state index in [2.05, 4.69) is 15.3 Å². The molecule has 1 N–H and O–H groups in total. The van der Waals surface area contributed by atoms with Gasteiger partial charge in [0.15, 0.2) is 0 Å².